The summed E-state index contributed by atoms with van der Waals surface area (Å²) in [4.78, 5) is 27.5. The number of rotatable bonds is 3. The third-order valence-electron chi connectivity index (χ3n) is 5.50. The summed E-state index contributed by atoms with van der Waals surface area (Å²) in [5.74, 6) is -2.47. The summed E-state index contributed by atoms with van der Waals surface area (Å²) in [6.45, 7) is 3.38. The number of anilines is 1. The van der Waals surface area contributed by atoms with Gasteiger partial charge in [0.1, 0.15) is 11.6 Å². The predicted octanol–water partition coefficient (Wildman–Crippen LogP) is 6.38. The van der Waals surface area contributed by atoms with Gasteiger partial charge < -0.3 is 5.11 Å². The summed E-state index contributed by atoms with van der Waals surface area (Å²) in [7, 11) is 0. The first-order chi connectivity index (χ1) is 15.2. The average molecular weight is 470 g/mol. The van der Waals surface area contributed by atoms with Crippen LogP contribution in [0.25, 0.3) is 5.76 Å². The van der Waals surface area contributed by atoms with Gasteiger partial charge in [-0.1, -0.05) is 41.4 Å². The second kappa shape index (κ2) is 8.41. The highest BCUT2D eigenvalue weighted by atomic mass is 35.5. The van der Waals surface area contributed by atoms with Gasteiger partial charge in [-0.2, -0.15) is 0 Å². The van der Waals surface area contributed by atoms with Crippen molar-refractivity contribution in [3.05, 3.63) is 104 Å². The van der Waals surface area contributed by atoms with E-state index >= 15 is 0 Å². The van der Waals surface area contributed by atoms with E-state index in [0.717, 1.165) is 5.56 Å². The molecule has 0 bridgehead atoms. The maximum Gasteiger partial charge on any atom is 0.300 e. The van der Waals surface area contributed by atoms with Crippen LogP contribution in [0.1, 0.15) is 28.3 Å². The fraction of sp³-hybridized carbons (Fsp3) is 0.120. The minimum absolute atomic E-state index is 0.0972. The van der Waals surface area contributed by atoms with Crippen LogP contribution in [0.15, 0.2) is 66.2 Å². The van der Waals surface area contributed by atoms with Crippen LogP contribution in [0.3, 0.4) is 0 Å². The molecule has 1 fully saturated rings. The van der Waals surface area contributed by atoms with Crippen molar-refractivity contribution in [2.45, 2.75) is 19.9 Å². The van der Waals surface area contributed by atoms with E-state index in [4.69, 9.17) is 23.2 Å². The number of carbonyl (C=O) groups is 2. The van der Waals surface area contributed by atoms with Crippen LogP contribution in [-0.2, 0) is 9.59 Å². The van der Waals surface area contributed by atoms with Crippen molar-refractivity contribution in [2.24, 2.45) is 0 Å². The molecule has 4 rings (SSSR count). The topological polar surface area (TPSA) is 57.6 Å². The molecule has 1 N–H and O–H groups in total. The zero-order chi connectivity index (χ0) is 23.2. The normalized spacial score (nSPS) is 17.8. The van der Waals surface area contributed by atoms with Gasteiger partial charge in [0.25, 0.3) is 11.7 Å². The molecule has 1 atom stereocenters. The SMILES string of the molecule is Cc1cc(/C(O)=C2\C(=O)C(=O)N(c3ccc(C)c(Cl)c3)C2c2ccc(Cl)cc2)ccc1F. The average Bonchev–Trinajstić information content (AvgIpc) is 3.03. The smallest absolute Gasteiger partial charge is 0.300 e. The van der Waals surface area contributed by atoms with Gasteiger partial charge >= 0.3 is 0 Å². The molecule has 4 nitrogen and oxygen atoms in total. The van der Waals surface area contributed by atoms with E-state index in [-0.39, 0.29) is 16.9 Å². The molecule has 1 aliphatic heterocycles. The van der Waals surface area contributed by atoms with Crippen molar-refractivity contribution >= 4 is 46.3 Å². The molecular formula is C25H18Cl2FNO3. The fourth-order valence-electron chi connectivity index (χ4n) is 3.74. The second-order valence-corrected chi connectivity index (χ2v) is 8.46. The van der Waals surface area contributed by atoms with Crippen LogP contribution in [0.4, 0.5) is 10.1 Å². The van der Waals surface area contributed by atoms with Gasteiger partial charge in [0.15, 0.2) is 0 Å². The Morgan fingerprint density at radius 3 is 2.25 bits per heavy atom. The van der Waals surface area contributed by atoms with E-state index in [1.807, 2.05) is 6.92 Å². The van der Waals surface area contributed by atoms with Gasteiger partial charge in [-0.25, -0.2) is 4.39 Å². The van der Waals surface area contributed by atoms with E-state index in [1.54, 1.807) is 49.4 Å². The minimum Gasteiger partial charge on any atom is -0.507 e. The number of aryl methyl sites for hydroxylation is 2. The molecule has 3 aromatic carbocycles. The van der Waals surface area contributed by atoms with Crippen LogP contribution in [0.5, 0.6) is 0 Å². The summed E-state index contributed by atoms with van der Waals surface area (Å²) in [5.41, 5.74) is 2.25. The highest BCUT2D eigenvalue weighted by Crippen LogP contribution is 2.43. The Morgan fingerprint density at radius 2 is 1.62 bits per heavy atom. The first-order valence-electron chi connectivity index (χ1n) is 9.78. The van der Waals surface area contributed by atoms with Crippen LogP contribution in [0.2, 0.25) is 10.0 Å². The van der Waals surface area contributed by atoms with Crippen molar-refractivity contribution in [1.29, 1.82) is 0 Å². The molecule has 1 aliphatic rings. The summed E-state index contributed by atoms with van der Waals surface area (Å²) in [6, 6.07) is 14.8. The first-order valence-corrected chi connectivity index (χ1v) is 10.5. The van der Waals surface area contributed by atoms with Crippen molar-refractivity contribution < 1.29 is 19.1 Å². The summed E-state index contributed by atoms with van der Waals surface area (Å²) in [6.07, 6.45) is 0. The molecule has 0 saturated carbocycles. The van der Waals surface area contributed by atoms with Gasteiger partial charge in [0.2, 0.25) is 0 Å². The lowest BCUT2D eigenvalue weighted by Gasteiger charge is -2.26. The molecule has 1 unspecified atom stereocenters. The van der Waals surface area contributed by atoms with Crippen molar-refractivity contribution in [3.63, 3.8) is 0 Å². The number of hydrogen-bond acceptors (Lipinski definition) is 3. The minimum atomic E-state index is -0.920. The summed E-state index contributed by atoms with van der Waals surface area (Å²) >= 11 is 12.3. The molecule has 32 heavy (non-hydrogen) atoms. The standard InChI is InChI=1S/C25H18Cl2FNO3/c1-13-3-9-18(12-19(13)27)29-22(15-4-7-17(26)8-5-15)21(24(31)25(29)32)23(30)16-6-10-20(28)14(2)11-16/h3-12,22,30H,1-2H3/b23-21+. The molecule has 162 valence electrons. The zero-order valence-electron chi connectivity index (χ0n) is 17.2. The van der Waals surface area contributed by atoms with Crippen LogP contribution >= 0.6 is 23.2 Å². The van der Waals surface area contributed by atoms with Crippen molar-refractivity contribution in [3.8, 4) is 0 Å². The lowest BCUT2D eigenvalue weighted by atomic mass is 9.94. The highest BCUT2D eigenvalue weighted by Gasteiger charge is 2.47. The van der Waals surface area contributed by atoms with Crippen LogP contribution < -0.4 is 4.90 Å². The summed E-state index contributed by atoms with van der Waals surface area (Å²) < 4.78 is 13.8. The van der Waals surface area contributed by atoms with E-state index in [2.05, 4.69) is 0 Å². The fourth-order valence-corrected chi connectivity index (χ4v) is 4.04. The molecule has 0 aliphatic carbocycles. The number of halogens is 3. The highest BCUT2D eigenvalue weighted by molar-refractivity contribution is 6.51. The van der Waals surface area contributed by atoms with Gasteiger partial charge in [-0.3, -0.25) is 14.5 Å². The van der Waals surface area contributed by atoms with E-state index in [1.165, 1.54) is 23.1 Å². The third-order valence-corrected chi connectivity index (χ3v) is 6.15. The molecule has 3 aromatic rings. The largest absolute Gasteiger partial charge is 0.507 e. The zero-order valence-corrected chi connectivity index (χ0v) is 18.7. The maximum atomic E-state index is 13.8. The molecule has 1 amide bonds. The van der Waals surface area contributed by atoms with Crippen molar-refractivity contribution in [2.75, 3.05) is 4.90 Å². The predicted molar refractivity (Wildman–Crippen MR) is 124 cm³/mol. The molecule has 7 heteroatoms. The number of nitrogens with zero attached hydrogens (tertiary/aromatic N) is 1. The lowest BCUT2D eigenvalue weighted by Crippen LogP contribution is -2.29. The monoisotopic (exact) mass is 469 g/mol. The van der Waals surface area contributed by atoms with Gasteiger partial charge in [-0.05, 0) is 73.0 Å². The number of carbonyl (C=O) groups excluding carboxylic acids is 2. The lowest BCUT2D eigenvalue weighted by molar-refractivity contribution is -0.132. The Bertz CT molecular complexity index is 1280. The number of hydrogen-bond donors (Lipinski definition) is 1. The Labute approximate surface area is 194 Å². The van der Waals surface area contributed by atoms with Gasteiger partial charge in [-0.15, -0.1) is 0 Å². The number of aliphatic hydroxyl groups is 1. The quantitative estimate of drug-likeness (QED) is 0.275. The van der Waals surface area contributed by atoms with Crippen molar-refractivity contribution in [1.82, 2.24) is 0 Å². The Hall–Kier alpha value is -3.15. The van der Waals surface area contributed by atoms with Gasteiger partial charge in [0.05, 0.1) is 11.6 Å². The van der Waals surface area contributed by atoms with Crippen LogP contribution in [-0.4, -0.2) is 16.8 Å². The maximum absolute atomic E-state index is 13.8. The molecule has 0 spiro atoms. The molecule has 0 aromatic heterocycles. The summed E-state index contributed by atoms with van der Waals surface area (Å²) in [5, 5.41) is 12.0. The number of aliphatic hydroxyl groups excluding tert-OH is 1. The number of ketones is 1. The Morgan fingerprint density at radius 1 is 0.938 bits per heavy atom. The number of benzene rings is 3. The van der Waals surface area contributed by atoms with Crippen LogP contribution in [0, 0.1) is 19.7 Å². The van der Waals surface area contributed by atoms with E-state index < -0.39 is 23.5 Å². The third kappa shape index (κ3) is 3.78. The Kier molecular flexibility index (Phi) is 5.80. The second-order valence-electron chi connectivity index (χ2n) is 7.62. The molecule has 1 saturated heterocycles. The molecule has 1 heterocycles. The first kappa shape index (κ1) is 22.1. The molecule has 0 radical (unpaired) electrons. The number of Topliss-reactive ketones (excluding diaryl/α,β-unsaturated/α-hetero) is 1. The Balaban J connectivity index is 1.96. The van der Waals surface area contributed by atoms with E-state index in [9.17, 15) is 19.1 Å². The number of amides is 1. The molecular weight excluding hydrogens is 452 g/mol. The van der Waals surface area contributed by atoms with Gasteiger partial charge in [0, 0.05) is 21.3 Å². The van der Waals surface area contributed by atoms with E-state index in [0.29, 0.717) is 26.9 Å².